The van der Waals surface area contributed by atoms with E-state index in [2.05, 4.69) is 36.6 Å². The molecule has 0 aliphatic carbocycles. The van der Waals surface area contributed by atoms with Crippen LogP contribution >= 0.6 is 0 Å². The predicted molar refractivity (Wildman–Crippen MR) is 89.4 cm³/mol. The van der Waals surface area contributed by atoms with Gasteiger partial charge in [-0.05, 0) is 61.9 Å². The summed E-state index contributed by atoms with van der Waals surface area (Å²) in [6.07, 6.45) is 2.26. The number of hydrogen-bond donors (Lipinski definition) is 2. The normalized spacial score (nSPS) is 17.7. The maximum absolute atomic E-state index is 11.9. The summed E-state index contributed by atoms with van der Waals surface area (Å²) in [6.45, 7) is 9.30. The van der Waals surface area contributed by atoms with E-state index in [9.17, 15) is 4.79 Å². The van der Waals surface area contributed by atoms with Crippen LogP contribution in [0.1, 0.15) is 43.7 Å². The number of carbonyl (C=O) groups is 1. The Labute approximate surface area is 133 Å². The first-order valence-corrected chi connectivity index (χ1v) is 8.27. The second-order valence-corrected chi connectivity index (χ2v) is 6.48. The van der Waals surface area contributed by atoms with Gasteiger partial charge in [-0.3, -0.25) is 4.79 Å². The smallest absolute Gasteiger partial charge is 0.257 e. The van der Waals surface area contributed by atoms with Crippen molar-refractivity contribution in [1.29, 1.82) is 0 Å². The summed E-state index contributed by atoms with van der Waals surface area (Å²) >= 11 is 0. The SMILES string of the molecule is Cc1ccc(C(C)C)c(OCC(=O)NCCC2CCNC2)c1. The largest absolute Gasteiger partial charge is 0.483 e. The second kappa shape index (κ2) is 8.18. The summed E-state index contributed by atoms with van der Waals surface area (Å²) < 4.78 is 5.74. The molecule has 1 heterocycles. The molecular weight excluding hydrogens is 276 g/mol. The highest BCUT2D eigenvalue weighted by Crippen LogP contribution is 2.27. The molecule has 1 aliphatic rings. The fourth-order valence-electron chi connectivity index (χ4n) is 2.81. The fourth-order valence-corrected chi connectivity index (χ4v) is 2.81. The van der Waals surface area contributed by atoms with Gasteiger partial charge >= 0.3 is 0 Å². The molecule has 1 fully saturated rings. The quantitative estimate of drug-likeness (QED) is 0.814. The molecule has 1 unspecified atom stereocenters. The van der Waals surface area contributed by atoms with Crippen molar-refractivity contribution in [3.05, 3.63) is 29.3 Å². The molecule has 0 aromatic heterocycles. The van der Waals surface area contributed by atoms with Gasteiger partial charge in [0.05, 0.1) is 0 Å². The van der Waals surface area contributed by atoms with Gasteiger partial charge in [0.1, 0.15) is 5.75 Å². The molecule has 0 bridgehead atoms. The molecule has 4 nitrogen and oxygen atoms in total. The van der Waals surface area contributed by atoms with Crippen LogP contribution in [0.5, 0.6) is 5.75 Å². The molecule has 122 valence electrons. The van der Waals surface area contributed by atoms with Crippen molar-refractivity contribution in [3.63, 3.8) is 0 Å². The van der Waals surface area contributed by atoms with Crippen LogP contribution in [-0.2, 0) is 4.79 Å². The second-order valence-electron chi connectivity index (χ2n) is 6.48. The molecule has 1 saturated heterocycles. The van der Waals surface area contributed by atoms with Gasteiger partial charge in [0.25, 0.3) is 5.91 Å². The van der Waals surface area contributed by atoms with Gasteiger partial charge in [-0.1, -0.05) is 26.0 Å². The molecule has 1 aromatic rings. The van der Waals surface area contributed by atoms with Crippen LogP contribution in [0.25, 0.3) is 0 Å². The Kier molecular flexibility index (Phi) is 6.25. The van der Waals surface area contributed by atoms with E-state index in [0.717, 1.165) is 42.9 Å². The third-order valence-electron chi connectivity index (χ3n) is 4.19. The minimum Gasteiger partial charge on any atom is -0.483 e. The molecule has 1 amide bonds. The van der Waals surface area contributed by atoms with Gasteiger partial charge in [-0.2, -0.15) is 0 Å². The molecule has 1 atom stereocenters. The van der Waals surface area contributed by atoms with Gasteiger partial charge in [0, 0.05) is 6.54 Å². The van der Waals surface area contributed by atoms with E-state index in [1.54, 1.807) is 0 Å². The third-order valence-corrected chi connectivity index (χ3v) is 4.19. The van der Waals surface area contributed by atoms with Crippen LogP contribution in [0.4, 0.5) is 0 Å². The topological polar surface area (TPSA) is 50.4 Å². The first-order valence-electron chi connectivity index (χ1n) is 8.27. The summed E-state index contributed by atoms with van der Waals surface area (Å²) in [7, 11) is 0. The van der Waals surface area contributed by atoms with E-state index in [0.29, 0.717) is 11.8 Å². The number of carbonyl (C=O) groups excluding carboxylic acids is 1. The highest BCUT2D eigenvalue weighted by Gasteiger charge is 2.14. The highest BCUT2D eigenvalue weighted by atomic mass is 16.5. The summed E-state index contributed by atoms with van der Waals surface area (Å²) in [6, 6.07) is 6.17. The van der Waals surface area contributed by atoms with Crippen molar-refractivity contribution in [2.24, 2.45) is 5.92 Å². The summed E-state index contributed by atoms with van der Waals surface area (Å²) in [5.41, 5.74) is 2.30. The molecular formula is C18H28N2O2. The average molecular weight is 304 g/mol. The van der Waals surface area contributed by atoms with Gasteiger partial charge in [0.2, 0.25) is 0 Å². The predicted octanol–water partition coefficient (Wildman–Crippen LogP) is 2.61. The minimum absolute atomic E-state index is 0.0397. The highest BCUT2D eigenvalue weighted by molar-refractivity contribution is 5.77. The van der Waals surface area contributed by atoms with Gasteiger partial charge in [0.15, 0.2) is 6.61 Å². The Balaban J connectivity index is 1.76. The number of aryl methyl sites for hydroxylation is 1. The number of amides is 1. The van der Waals surface area contributed by atoms with Crippen LogP contribution in [0, 0.1) is 12.8 Å². The Morgan fingerprint density at radius 2 is 2.27 bits per heavy atom. The first-order chi connectivity index (χ1) is 10.6. The molecule has 0 radical (unpaired) electrons. The number of benzene rings is 1. The van der Waals surface area contributed by atoms with E-state index in [1.807, 2.05) is 13.0 Å². The van der Waals surface area contributed by atoms with E-state index in [-0.39, 0.29) is 12.5 Å². The lowest BCUT2D eigenvalue weighted by Gasteiger charge is -2.15. The Bertz CT molecular complexity index is 494. The molecule has 1 aromatic carbocycles. The monoisotopic (exact) mass is 304 g/mol. The molecule has 0 saturated carbocycles. The third kappa shape index (κ3) is 5.02. The van der Waals surface area contributed by atoms with Gasteiger partial charge in [-0.25, -0.2) is 0 Å². The minimum atomic E-state index is -0.0397. The average Bonchev–Trinajstić information content (AvgIpc) is 2.98. The Morgan fingerprint density at radius 3 is 2.95 bits per heavy atom. The zero-order chi connectivity index (χ0) is 15.9. The zero-order valence-corrected chi connectivity index (χ0v) is 13.9. The first kappa shape index (κ1) is 16.8. The Morgan fingerprint density at radius 1 is 1.45 bits per heavy atom. The van der Waals surface area contributed by atoms with Crippen LogP contribution in [0.2, 0.25) is 0 Å². The van der Waals surface area contributed by atoms with Crippen molar-refractivity contribution in [1.82, 2.24) is 10.6 Å². The number of nitrogens with one attached hydrogen (secondary N) is 2. The van der Waals surface area contributed by atoms with Crippen LogP contribution in [0.3, 0.4) is 0 Å². The van der Waals surface area contributed by atoms with Crippen LogP contribution in [0.15, 0.2) is 18.2 Å². The standard InChI is InChI=1S/C18H28N2O2/c1-13(2)16-5-4-14(3)10-17(16)22-12-18(21)20-9-7-15-6-8-19-11-15/h4-5,10,13,15,19H,6-9,11-12H2,1-3H3,(H,20,21). The van der Waals surface area contributed by atoms with Crippen molar-refractivity contribution < 1.29 is 9.53 Å². The van der Waals surface area contributed by atoms with Crippen molar-refractivity contribution in [2.45, 2.75) is 39.5 Å². The lowest BCUT2D eigenvalue weighted by molar-refractivity contribution is -0.123. The summed E-state index contributed by atoms with van der Waals surface area (Å²) in [5.74, 6) is 1.87. The Hall–Kier alpha value is -1.55. The molecule has 22 heavy (non-hydrogen) atoms. The lowest BCUT2D eigenvalue weighted by Crippen LogP contribution is -2.31. The number of ether oxygens (including phenoxy) is 1. The van der Waals surface area contributed by atoms with E-state index in [1.165, 1.54) is 6.42 Å². The van der Waals surface area contributed by atoms with Crippen LogP contribution < -0.4 is 15.4 Å². The summed E-state index contributed by atoms with van der Waals surface area (Å²) in [5, 5.41) is 6.29. The van der Waals surface area contributed by atoms with Crippen molar-refractivity contribution in [3.8, 4) is 5.75 Å². The maximum Gasteiger partial charge on any atom is 0.257 e. The van der Waals surface area contributed by atoms with Crippen LogP contribution in [-0.4, -0.2) is 32.1 Å². The van der Waals surface area contributed by atoms with E-state index < -0.39 is 0 Å². The molecule has 0 spiro atoms. The zero-order valence-electron chi connectivity index (χ0n) is 13.9. The number of rotatable bonds is 7. The van der Waals surface area contributed by atoms with Crippen molar-refractivity contribution in [2.75, 3.05) is 26.2 Å². The molecule has 2 N–H and O–H groups in total. The van der Waals surface area contributed by atoms with Crippen molar-refractivity contribution >= 4 is 5.91 Å². The molecule has 4 heteroatoms. The number of hydrogen-bond acceptors (Lipinski definition) is 3. The lowest BCUT2D eigenvalue weighted by atomic mass is 10.0. The summed E-state index contributed by atoms with van der Waals surface area (Å²) in [4.78, 5) is 11.9. The molecule has 1 aliphatic heterocycles. The maximum atomic E-state index is 11.9. The van der Waals surface area contributed by atoms with Gasteiger partial charge in [-0.15, -0.1) is 0 Å². The van der Waals surface area contributed by atoms with E-state index >= 15 is 0 Å². The molecule has 2 rings (SSSR count). The van der Waals surface area contributed by atoms with Gasteiger partial charge < -0.3 is 15.4 Å². The fraction of sp³-hybridized carbons (Fsp3) is 0.611. The van der Waals surface area contributed by atoms with E-state index in [4.69, 9.17) is 4.74 Å².